The molecule has 2 aromatic carbocycles. The summed E-state index contributed by atoms with van der Waals surface area (Å²) in [6.45, 7) is 0. The predicted octanol–water partition coefficient (Wildman–Crippen LogP) is 3.54. The lowest BCUT2D eigenvalue weighted by atomic mass is 10.3. The quantitative estimate of drug-likeness (QED) is 0.784. The molecular weight excluding hydrogens is 228 g/mol. The number of aromatic hydroxyl groups is 2. The van der Waals surface area contributed by atoms with E-state index in [0.717, 1.165) is 0 Å². The lowest BCUT2D eigenvalue weighted by Gasteiger charge is -2.06. The van der Waals surface area contributed by atoms with Crippen molar-refractivity contribution in [2.24, 2.45) is 0 Å². The van der Waals surface area contributed by atoms with Crippen LogP contribution in [0, 0.1) is 0 Å². The van der Waals surface area contributed by atoms with Gasteiger partial charge in [-0.15, -0.1) is 0 Å². The molecule has 0 saturated carbocycles. The molecule has 2 rings (SSSR count). The molecule has 82 valence electrons. The maximum atomic E-state index is 9.28. The topological polar surface area (TPSA) is 49.7 Å². The first kappa shape index (κ1) is 10.6. The first-order valence-corrected chi connectivity index (χ1v) is 4.98. The summed E-state index contributed by atoms with van der Waals surface area (Å²) in [7, 11) is 0. The lowest BCUT2D eigenvalue weighted by molar-refractivity contribution is 0.398. The van der Waals surface area contributed by atoms with E-state index in [0.29, 0.717) is 16.5 Å². The van der Waals surface area contributed by atoms with Crippen LogP contribution in [0.5, 0.6) is 23.0 Å². The van der Waals surface area contributed by atoms with E-state index in [9.17, 15) is 5.11 Å². The van der Waals surface area contributed by atoms with E-state index in [2.05, 4.69) is 0 Å². The van der Waals surface area contributed by atoms with Crippen molar-refractivity contribution in [1.29, 1.82) is 0 Å². The minimum Gasteiger partial charge on any atom is -0.504 e. The molecule has 0 bridgehead atoms. The Morgan fingerprint density at radius 1 is 0.875 bits per heavy atom. The van der Waals surface area contributed by atoms with Crippen molar-refractivity contribution in [2.75, 3.05) is 0 Å². The molecular formula is C12H9ClO3. The van der Waals surface area contributed by atoms with Crippen molar-refractivity contribution >= 4 is 11.6 Å². The van der Waals surface area contributed by atoms with Crippen molar-refractivity contribution in [3.8, 4) is 23.0 Å². The first-order valence-electron chi connectivity index (χ1n) is 4.60. The van der Waals surface area contributed by atoms with E-state index in [4.69, 9.17) is 21.4 Å². The molecule has 0 aromatic heterocycles. The molecule has 0 amide bonds. The Balaban J connectivity index is 2.24. The third kappa shape index (κ3) is 2.38. The van der Waals surface area contributed by atoms with Crippen molar-refractivity contribution in [3.05, 3.63) is 47.5 Å². The highest BCUT2D eigenvalue weighted by Gasteiger charge is 2.02. The smallest absolute Gasteiger partial charge is 0.161 e. The second-order valence-electron chi connectivity index (χ2n) is 3.21. The summed E-state index contributed by atoms with van der Waals surface area (Å²) in [4.78, 5) is 0. The van der Waals surface area contributed by atoms with Gasteiger partial charge in [0.2, 0.25) is 0 Å². The fraction of sp³-hybridized carbons (Fsp3) is 0. The Hall–Kier alpha value is -1.87. The Morgan fingerprint density at radius 3 is 2.31 bits per heavy atom. The second-order valence-corrected chi connectivity index (χ2v) is 3.65. The van der Waals surface area contributed by atoms with Crippen molar-refractivity contribution in [1.82, 2.24) is 0 Å². The van der Waals surface area contributed by atoms with Gasteiger partial charge in [-0.1, -0.05) is 17.7 Å². The van der Waals surface area contributed by atoms with Gasteiger partial charge in [0.15, 0.2) is 11.5 Å². The molecule has 0 unspecified atom stereocenters. The Morgan fingerprint density at radius 2 is 1.62 bits per heavy atom. The van der Waals surface area contributed by atoms with Crippen molar-refractivity contribution in [3.63, 3.8) is 0 Å². The van der Waals surface area contributed by atoms with E-state index in [1.54, 1.807) is 30.3 Å². The van der Waals surface area contributed by atoms with Crippen LogP contribution in [0.4, 0.5) is 0 Å². The number of rotatable bonds is 2. The largest absolute Gasteiger partial charge is 0.504 e. The third-order valence-electron chi connectivity index (χ3n) is 1.98. The van der Waals surface area contributed by atoms with Crippen LogP contribution in [0.25, 0.3) is 0 Å². The molecule has 3 nitrogen and oxygen atoms in total. The molecule has 0 spiro atoms. The number of benzene rings is 2. The van der Waals surface area contributed by atoms with Crippen molar-refractivity contribution < 1.29 is 14.9 Å². The number of phenolic OH excluding ortho intramolecular Hbond substituents is 2. The molecule has 0 radical (unpaired) electrons. The molecule has 0 heterocycles. The number of ether oxygens (including phenoxy) is 1. The van der Waals surface area contributed by atoms with Gasteiger partial charge in [0.05, 0.1) is 0 Å². The highest BCUT2D eigenvalue weighted by Crippen LogP contribution is 2.31. The normalized spacial score (nSPS) is 10.1. The summed E-state index contributed by atoms with van der Waals surface area (Å²) in [5.74, 6) is 0.591. The molecule has 4 heteroatoms. The summed E-state index contributed by atoms with van der Waals surface area (Å²) in [6, 6.07) is 11.1. The average Bonchev–Trinajstić information content (AvgIpc) is 2.24. The average molecular weight is 237 g/mol. The minimum absolute atomic E-state index is 0.182. The zero-order valence-corrected chi connectivity index (χ0v) is 8.98. The number of halogens is 1. The van der Waals surface area contributed by atoms with Gasteiger partial charge in [-0.3, -0.25) is 0 Å². The van der Waals surface area contributed by atoms with E-state index in [1.807, 2.05) is 0 Å². The Bertz CT molecular complexity index is 511. The standard InChI is InChI=1S/C12H9ClO3/c13-8-2-1-3-9(6-8)16-10-4-5-11(14)12(15)7-10/h1-7,14-15H. The van der Waals surface area contributed by atoms with Crippen LogP contribution in [-0.4, -0.2) is 10.2 Å². The Kier molecular flexibility index (Phi) is 2.88. The zero-order valence-electron chi connectivity index (χ0n) is 8.22. The highest BCUT2D eigenvalue weighted by molar-refractivity contribution is 6.30. The van der Waals surface area contributed by atoms with Gasteiger partial charge in [-0.25, -0.2) is 0 Å². The maximum Gasteiger partial charge on any atom is 0.161 e. The fourth-order valence-corrected chi connectivity index (χ4v) is 1.41. The molecule has 0 atom stereocenters. The SMILES string of the molecule is Oc1ccc(Oc2cccc(Cl)c2)cc1O. The van der Waals surface area contributed by atoms with E-state index < -0.39 is 0 Å². The fourth-order valence-electron chi connectivity index (χ4n) is 1.23. The van der Waals surface area contributed by atoms with Gasteiger partial charge in [-0.2, -0.15) is 0 Å². The Labute approximate surface area is 97.5 Å². The summed E-state index contributed by atoms with van der Waals surface area (Å²) in [6.07, 6.45) is 0. The monoisotopic (exact) mass is 236 g/mol. The van der Waals surface area contributed by atoms with Crippen LogP contribution in [0.2, 0.25) is 5.02 Å². The molecule has 0 fully saturated rings. The van der Waals surface area contributed by atoms with Crippen molar-refractivity contribution in [2.45, 2.75) is 0 Å². The van der Waals surface area contributed by atoms with E-state index in [1.165, 1.54) is 12.1 Å². The number of hydrogen-bond donors (Lipinski definition) is 2. The van der Waals surface area contributed by atoms with Gasteiger partial charge in [0, 0.05) is 11.1 Å². The van der Waals surface area contributed by atoms with Gasteiger partial charge >= 0.3 is 0 Å². The number of phenols is 2. The minimum atomic E-state index is -0.223. The molecule has 2 N–H and O–H groups in total. The molecule has 0 aliphatic rings. The van der Waals surface area contributed by atoms with Crippen LogP contribution in [-0.2, 0) is 0 Å². The first-order chi connectivity index (χ1) is 7.65. The van der Waals surface area contributed by atoms with Gasteiger partial charge in [0.1, 0.15) is 11.5 Å². The van der Waals surface area contributed by atoms with Crippen LogP contribution in [0.15, 0.2) is 42.5 Å². The molecule has 0 saturated heterocycles. The third-order valence-corrected chi connectivity index (χ3v) is 2.21. The van der Waals surface area contributed by atoms with Gasteiger partial charge < -0.3 is 14.9 Å². The van der Waals surface area contributed by atoms with Crippen LogP contribution >= 0.6 is 11.6 Å². The summed E-state index contributed by atoms with van der Waals surface area (Å²) < 4.78 is 5.44. The van der Waals surface area contributed by atoms with E-state index in [-0.39, 0.29) is 11.5 Å². The molecule has 2 aromatic rings. The summed E-state index contributed by atoms with van der Waals surface area (Å²) >= 11 is 5.80. The predicted molar refractivity (Wildman–Crippen MR) is 61.3 cm³/mol. The molecule has 16 heavy (non-hydrogen) atoms. The number of hydrogen-bond acceptors (Lipinski definition) is 3. The molecule has 0 aliphatic heterocycles. The maximum absolute atomic E-state index is 9.28. The van der Waals surface area contributed by atoms with Gasteiger partial charge in [-0.05, 0) is 30.3 Å². The molecule has 0 aliphatic carbocycles. The highest BCUT2D eigenvalue weighted by atomic mass is 35.5. The van der Waals surface area contributed by atoms with Crippen LogP contribution in [0.3, 0.4) is 0 Å². The van der Waals surface area contributed by atoms with Gasteiger partial charge in [0.25, 0.3) is 0 Å². The summed E-state index contributed by atoms with van der Waals surface area (Å²) in [5, 5.41) is 19.0. The van der Waals surface area contributed by atoms with Crippen LogP contribution in [0.1, 0.15) is 0 Å². The zero-order chi connectivity index (χ0) is 11.5. The lowest BCUT2D eigenvalue weighted by Crippen LogP contribution is -1.83. The summed E-state index contributed by atoms with van der Waals surface area (Å²) in [5.41, 5.74) is 0. The second kappa shape index (κ2) is 4.33. The van der Waals surface area contributed by atoms with Crippen LogP contribution < -0.4 is 4.74 Å². The van der Waals surface area contributed by atoms with E-state index >= 15 is 0 Å².